The van der Waals surface area contributed by atoms with Gasteiger partial charge in [-0.05, 0) is 57.0 Å². The van der Waals surface area contributed by atoms with Crippen LogP contribution in [0.3, 0.4) is 0 Å². The predicted molar refractivity (Wildman–Crippen MR) is 92.0 cm³/mol. The zero-order chi connectivity index (χ0) is 17.5. The largest absolute Gasteiger partial charge is 0.296 e. The van der Waals surface area contributed by atoms with Crippen molar-refractivity contribution < 1.29 is 13.2 Å². The summed E-state index contributed by atoms with van der Waals surface area (Å²) in [7, 11) is -2.29. The summed E-state index contributed by atoms with van der Waals surface area (Å²) in [6, 6.07) is 3.05. The number of amides is 1. The van der Waals surface area contributed by atoms with E-state index in [2.05, 4.69) is 20.2 Å². The molecule has 2 N–H and O–H groups in total. The average molecular weight is 366 g/mol. The fourth-order valence-corrected chi connectivity index (χ4v) is 4.27. The molecule has 0 saturated heterocycles. The molecule has 0 atom stereocenters. The van der Waals surface area contributed by atoms with Crippen LogP contribution in [0.2, 0.25) is 0 Å². The summed E-state index contributed by atoms with van der Waals surface area (Å²) in [6.45, 7) is 3.49. The Kier molecular flexibility index (Phi) is 4.41. The number of hydrogen-bond donors (Lipinski definition) is 2. The number of aromatic nitrogens is 2. The fourth-order valence-electron chi connectivity index (χ4n) is 2.30. The molecule has 1 aromatic carbocycles. The highest BCUT2D eigenvalue weighted by Crippen LogP contribution is 2.42. The second-order valence-electron chi connectivity index (χ2n) is 5.80. The SMILES string of the molecule is CNS(=O)(=O)c1cc(C(=O)Nc2nnc(C3CC3)s2)cc(C)c1C. The minimum absolute atomic E-state index is 0.103. The summed E-state index contributed by atoms with van der Waals surface area (Å²) in [5.74, 6) is 0.0753. The van der Waals surface area contributed by atoms with Crippen molar-refractivity contribution in [3.05, 3.63) is 33.8 Å². The van der Waals surface area contributed by atoms with E-state index in [0.717, 1.165) is 23.4 Å². The third kappa shape index (κ3) is 3.33. The number of hydrogen-bond acceptors (Lipinski definition) is 6. The van der Waals surface area contributed by atoms with Crippen molar-refractivity contribution in [2.45, 2.75) is 37.5 Å². The van der Waals surface area contributed by atoms with Crippen LogP contribution in [0.15, 0.2) is 17.0 Å². The summed E-state index contributed by atoms with van der Waals surface area (Å²) >= 11 is 1.36. The second kappa shape index (κ2) is 6.23. The van der Waals surface area contributed by atoms with E-state index >= 15 is 0 Å². The Morgan fingerprint density at radius 3 is 2.58 bits per heavy atom. The summed E-state index contributed by atoms with van der Waals surface area (Å²) in [5.41, 5.74) is 1.62. The Labute approximate surface area is 144 Å². The Bertz CT molecular complexity index is 901. The molecule has 2 aromatic rings. The first-order valence-electron chi connectivity index (χ1n) is 7.51. The van der Waals surface area contributed by atoms with E-state index < -0.39 is 15.9 Å². The van der Waals surface area contributed by atoms with Crippen LogP contribution in [0, 0.1) is 13.8 Å². The number of nitrogens with zero attached hydrogens (tertiary/aromatic N) is 2. The minimum atomic E-state index is -3.63. The lowest BCUT2D eigenvalue weighted by molar-refractivity contribution is 0.102. The number of anilines is 1. The molecule has 7 nitrogen and oxygen atoms in total. The maximum absolute atomic E-state index is 12.5. The second-order valence-corrected chi connectivity index (χ2v) is 8.66. The van der Waals surface area contributed by atoms with Crippen LogP contribution in [-0.4, -0.2) is 31.6 Å². The van der Waals surface area contributed by atoms with E-state index in [1.165, 1.54) is 24.5 Å². The lowest BCUT2D eigenvalue weighted by Gasteiger charge is -2.11. The van der Waals surface area contributed by atoms with Gasteiger partial charge in [-0.1, -0.05) is 11.3 Å². The molecule has 1 aliphatic rings. The van der Waals surface area contributed by atoms with E-state index in [9.17, 15) is 13.2 Å². The Balaban J connectivity index is 1.88. The molecule has 0 bridgehead atoms. The van der Waals surface area contributed by atoms with E-state index in [1.54, 1.807) is 19.9 Å². The van der Waals surface area contributed by atoms with Gasteiger partial charge < -0.3 is 0 Å². The first-order chi connectivity index (χ1) is 11.3. The molecule has 0 aliphatic heterocycles. The van der Waals surface area contributed by atoms with Gasteiger partial charge in [0.1, 0.15) is 5.01 Å². The molecule has 3 rings (SSSR count). The molecule has 1 fully saturated rings. The fraction of sp³-hybridized carbons (Fsp3) is 0.400. The molecular weight excluding hydrogens is 348 g/mol. The third-order valence-corrected chi connectivity index (χ3v) is 6.57. The number of aryl methyl sites for hydroxylation is 1. The summed E-state index contributed by atoms with van der Waals surface area (Å²) in [5, 5.41) is 12.1. The highest BCUT2D eigenvalue weighted by molar-refractivity contribution is 7.89. The molecule has 1 saturated carbocycles. The van der Waals surface area contributed by atoms with E-state index in [-0.39, 0.29) is 10.5 Å². The number of benzene rings is 1. The van der Waals surface area contributed by atoms with Gasteiger partial charge >= 0.3 is 0 Å². The van der Waals surface area contributed by atoms with Gasteiger partial charge in [0, 0.05) is 11.5 Å². The normalized spacial score (nSPS) is 14.6. The van der Waals surface area contributed by atoms with Crippen LogP contribution in [-0.2, 0) is 10.0 Å². The van der Waals surface area contributed by atoms with Gasteiger partial charge in [-0.3, -0.25) is 10.1 Å². The van der Waals surface area contributed by atoms with Crippen molar-refractivity contribution in [3.8, 4) is 0 Å². The number of sulfonamides is 1. The molecule has 128 valence electrons. The van der Waals surface area contributed by atoms with Gasteiger partial charge in [-0.25, -0.2) is 13.1 Å². The summed E-state index contributed by atoms with van der Waals surface area (Å²) in [4.78, 5) is 12.6. The van der Waals surface area contributed by atoms with Gasteiger partial charge in [0.25, 0.3) is 5.91 Å². The maximum Gasteiger partial charge on any atom is 0.257 e. The molecule has 1 aliphatic carbocycles. The van der Waals surface area contributed by atoms with Gasteiger partial charge in [-0.2, -0.15) is 0 Å². The summed E-state index contributed by atoms with van der Waals surface area (Å²) in [6.07, 6.45) is 2.23. The van der Waals surface area contributed by atoms with Crippen molar-refractivity contribution in [1.82, 2.24) is 14.9 Å². The maximum atomic E-state index is 12.5. The Morgan fingerprint density at radius 1 is 1.25 bits per heavy atom. The van der Waals surface area contributed by atoms with Crippen LogP contribution >= 0.6 is 11.3 Å². The minimum Gasteiger partial charge on any atom is -0.296 e. The molecule has 0 spiro atoms. The molecule has 1 amide bonds. The molecular formula is C15H18N4O3S2. The van der Waals surface area contributed by atoms with Crippen molar-refractivity contribution in [3.63, 3.8) is 0 Å². The number of carbonyl (C=O) groups is 1. The van der Waals surface area contributed by atoms with Gasteiger partial charge in [-0.15, -0.1) is 10.2 Å². The third-order valence-electron chi connectivity index (χ3n) is 4.03. The summed E-state index contributed by atoms with van der Waals surface area (Å²) < 4.78 is 26.5. The first-order valence-corrected chi connectivity index (χ1v) is 9.81. The smallest absolute Gasteiger partial charge is 0.257 e. The number of carbonyl (C=O) groups excluding carboxylic acids is 1. The molecule has 0 unspecified atom stereocenters. The average Bonchev–Trinajstić information content (AvgIpc) is 3.29. The molecule has 24 heavy (non-hydrogen) atoms. The monoisotopic (exact) mass is 366 g/mol. The van der Waals surface area contributed by atoms with Gasteiger partial charge in [0.15, 0.2) is 0 Å². The van der Waals surface area contributed by atoms with Crippen LogP contribution in [0.5, 0.6) is 0 Å². The van der Waals surface area contributed by atoms with Crippen LogP contribution in [0.1, 0.15) is 45.3 Å². The van der Waals surface area contributed by atoms with E-state index in [1.807, 2.05) is 0 Å². The Hall–Kier alpha value is -1.84. The molecule has 9 heteroatoms. The van der Waals surface area contributed by atoms with Gasteiger partial charge in [0.2, 0.25) is 15.2 Å². The van der Waals surface area contributed by atoms with Crippen LogP contribution < -0.4 is 10.0 Å². The lowest BCUT2D eigenvalue weighted by Crippen LogP contribution is -2.21. The van der Waals surface area contributed by atoms with Crippen LogP contribution in [0.25, 0.3) is 0 Å². The topological polar surface area (TPSA) is 101 Å². The quantitative estimate of drug-likeness (QED) is 0.845. The highest BCUT2D eigenvalue weighted by Gasteiger charge is 2.28. The molecule has 0 radical (unpaired) electrons. The van der Waals surface area contributed by atoms with Crippen LogP contribution in [0.4, 0.5) is 5.13 Å². The van der Waals surface area contributed by atoms with Crippen molar-refractivity contribution in [2.75, 3.05) is 12.4 Å². The molecule has 1 heterocycles. The predicted octanol–water partition coefficient (Wildman–Crippen LogP) is 2.19. The number of rotatable bonds is 5. The lowest BCUT2D eigenvalue weighted by atomic mass is 10.1. The Morgan fingerprint density at radius 2 is 1.96 bits per heavy atom. The molecule has 1 aromatic heterocycles. The van der Waals surface area contributed by atoms with Crippen molar-refractivity contribution in [2.24, 2.45) is 0 Å². The van der Waals surface area contributed by atoms with E-state index in [4.69, 9.17) is 0 Å². The number of nitrogens with one attached hydrogen (secondary N) is 2. The standard InChI is InChI=1S/C15H18N4O3S2/c1-8-6-11(7-12(9(8)2)24(21,22)16-3)13(20)17-15-19-18-14(23-15)10-4-5-10/h6-7,10,16H,4-5H2,1-3H3,(H,17,19,20). The zero-order valence-electron chi connectivity index (χ0n) is 13.6. The first kappa shape index (κ1) is 17.0. The zero-order valence-corrected chi connectivity index (χ0v) is 15.2. The van der Waals surface area contributed by atoms with Gasteiger partial charge in [0.05, 0.1) is 4.90 Å². The van der Waals surface area contributed by atoms with Crippen molar-refractivity contribution in [1.29, 1.82) is 0 Å². The van der Waals surface area contributed by atoms with E-state index in [0.29, 0.717) is 16.6 Å². The van der Waals surface area contributed by atoms with Crippen molar-refractivity contribution >= 4 is 32.4 Å². The highest BCUT2D eigenvalue weighted by atomic mass is 32.2.